The van der Waals surface area contributed by atoms with Crippen LogP contribution in [0.5, 0.6) is 0 Å². The van der Waals surface area contributed by atoms with E-state index in [1.807, 2.05) is 0 Å². The molecule has 2 aliphatic heterocycles. The summed E-state index contributed by atoms with van der Waals surface area (Å²) in [6.45, 7) is 13.5. The summed E-state index contributed by atoms with van der Waals surface area (Å²) in [6.07, 6.45) is 0. The zero-order valence-corrected chi connectivity index (χ0v) is 18.4. The van der Waals surface area contributed by atoms with Crippen LogP contribution in [0.3, 0.4) is 0 Å². The normalized spacial score (nSPS) is 23.9. The summed E-state index contributed by atoms with van der Waals surface area (Å²) in [4.78, 5) is 0. The first-order chi connectivity index (χ1) is 13.4. The third-order valence-corrected chi connectivity index (χ3v) is 6.65. The van der Waals surface area contributed by atoms with Gasteiger partial charge < -0.3 is 28.7 Å². The van der Waals surface area contributed by atoms with Gasteiger partial charge in [0.05, 0.1) is 38.8 Å². The molecule has 164 valence electrons. The van der Waals surface area contributed by atoms with Gasteiger partial charge in [-0.05, 0) is 55.4 Å². The molecule has 0 unspecified atom stereocenters. The minimum absolute atomic E-state index is 0.775. The Morgan fingerprint density at radius 1 is 0.600 bits per heavy atom. The van der Waals surface area contributed by atoms with Gasteiger partial charge in [-0.3, -0.25) is 0 Å². The van der Waals surface area contributed by atoms with Crippen molar-refractivity contribution in [2.45, 2.75) is 77.8 Å². The van der Waals surface area contributed by atoms with E-state index in [0.717, 1.165) is 0 Å². The highest BCUT2D eigenvalue weighted by atomic mass is 19.1. The molecule has 6 nitrogen and oxygen atoms in total. The summed E-state index contributed by atoms with van der Waals surface area (Å²) in [5.74, 6) is -4.33. The van der Waals surface area contributed by atoms with Crippen molar-refractivity contribution in [3.05, 3.63) is 17.5 Å². The molecule has 0 atom stereocenters. The molecule has 2 saturated heterocycles. The van der Waals surface area contributed by atoms with Crippen molar-refractivity contribution < 1.29 is 41.8 Å². The molecule has 0 amide bonds. The highest BCUT2D eigenvalue weighted by Gasteiger charge is 2.57. The summed E-state index contributed by atoms with van der Waals surface area (Å²) >= 11 is 0. The van der Waals surface area contributed by atoms with Crippen molar-refractivity contribution in [3.8, 4) is 0 Å². The van der Waals surface area contributed by atoms with Crippen LogP contribution in [0.15, 0.2) is 0 Å². The van der Waals surface area contributed by atoms with Crippen LogP contribution in [0.2, 0.25) is 0 Å². The van der Waals surface area contributed by atoms with Crippen molar-refractivity contribution in [3.63, 3.8) is 0 Å². The maximum atomic E-state index is 15.6. The first-order valence-corrected chi connectivity index (χ1v) is 9.71. The highest BCUT2D eigenvalue weighted by Crippen LogP contribution is 2.38. The van der Waals surface area contributed by atoms with Gasteiger partial charge in [-0.25, -0.2) is 13.2 Å². The Kier molecular flexibility index (Phi) is 5.50. The third kappa shape index (κ3) is 3.41. The van der Waals surface area contributed by atoms with E-state index < -0.39 is 77.6 Å². The van der Waals surface area contributed by atoms with Crippen LogP contribution in [0.25, 0.3) is 0 Å². The Morgan fingerprint density at radius 2 is 0.867 bits per heavy atom. The van der Waals surface area contributed by atoms with Crippen LogP contribution >= 0.6 is 0 Å². The molecular formula is C18H26B3F3O6. The lowest BCUT2D eigenvalue weighted by Crippen LogP contribution is -2.55. The molecule has 0 radical (unpaired) electrons. The largest absolute Gasteiger partial charge is 0.500 e. The van der Waals surface area contributed by atoms with Crippen molar-refractivity contribution in [2.75, 3.05) is 0 Å². The van der Waals surface area contributed by atoms with Gasteiger partial charge in [0.2, 0.25) is 0 Å². The Labute approximate surface area is 175 Å². The van der Waals surface area contributed by atoms with Gasteiger partial charge in [0.25, 0.3) is 0 Å². The molecule has 3 rings (SSSR count). The van der Waals surface area contributed by atoms with Gasteiger partial charge in [0.1, 0.15) is 17.5 Å². The molecule has 0 spiro atoms. The van der Waals surface area contributed by atoms with Crippen LogP contribution < -0.4 is 16.4 Å². The van der Waals surface area contributed by atoms with Gasteiger partial charge in [0.15, 0.2) is 0 Å². The molecule has 30 heavy (non-hydrogen) atoms. The number of rotatable bonds is 3. The number of halogens is 3. The molecule has 0 aromatic heterocycles. The van der Waals surface area contributed by atoms with E-state index in [2.05, 4.69) is 0 Å². The van der Waals surface area contributed by atoms with Gasteiger partial charge in [0, 0.05) is 0 Å². The average molecular weight is 428 g/mol. The van der Waals surface area contributed by atoms with Crippen molar-refractivity contribution in [2.24, 2.45) is 0 Å². The Morgan fingerprint density at radius 3 is 1.10 bits per heavy atom. The van der Waals surface area contributed by atoms with Crippen molar-refractivity contribution >= 4 is 37.7 Å². The molecule has 1 aromatic carbocycles. The van der Waals surface area contributed by atoms with E-state index in [0.29, 0.717) is 0 Å². The van der Waals surface area contributed by atoms with E-state index in [1.54, 1.807) is 55.4 Å². The first-order valence-electron chi connectivity index (χ1n) is 9.71. The van der Waals surface area contributed by atoms with Gasteiger partial charge in [-0.2, -0.15) is 0 Å². The quantitative estimate of drug-likeness (QED) is 0.679. The SMILES string of the molecule is CC1(C)OB(c2c(F)c(B(O)O)c(F)c(B3OC(C)(C)C(C)(C)O3)c2F)OC1(C)C. The summed E-state index contributed by atoms with van der Waals surface area (Å²) in [7, 11) is -5.64. The Hall–Kier alpha value is -1.04. The second-order valence-electron chi connectivity index (χ2n) is 9.73. The van der Waals surface area contributed by atoms with Crippen LogP contribution in [0.1, 0.15) is 55.4 Å². The molecule has 2 N–H and O–H groups in total. The fourth-order valence-corrected chi connectivity index (χ4v) is 3.29. The minimum atomic E-state index is -2.55. The molecule has 2 heterocycles. The molecule has 2 aliphatic rings. The van der Waals surface area contributed by atoms with E-state index in [1.165, 1.54) is 0 Å². The maximum Gasteiger partial charge on any atom is 0.500 e. The van der Waals surface area contributed by atoms with E-state index in [9.17, 15) is 10.0 Å². The Balaban J connectivity index is 2.21. The lowest BCUT2D eigenvalue weighted by molar-refractivity contribution is 0.00578. The molecule has 0 saturated carbocycles. The standard InChI is InChI=1S/C18H26B3F3O6/c1-15(2)16(3,4)28-20(27-15)10-12(22)9(19(25)26)13(23)11(14(10)24)21-29-17(5,6)18(7,8)30-21/h25-26H,1-8H3. The van der Waals surface area contributed by atoms with Crippen molar-refractivity contribution in [1.29, 1.82) is 0 Å². The summed E-state index contributed by atoms with van der Waals surface area (Å²) in [5.41, 5.74) is -6.43. The Bertz CT molecular complexity index is 780. The van der Waals surface area contributed by atoms with Crippen LogP contribution in [0.4, 0.5) is 13.2 Å². The second kappa shape index (κ2) is 6.98. The molecule has 0 bridgehead atoms. The van der Waals surface area contributed by atoms with Crippen LogP contribution in [-0.2, 0) is 18.6 Å². The topological polar surface area (TPSA) is 77.4 Å². The van der Waals surface area contributed by atoms with Crippen molar-refractivity contribution in [1.82, 2.24) is 0 Å². The molecule has 12 heteroatoms. The summed E-state index contributed by atoms with van der Waals surface area (Å²) in [6, 6.07) is 0. The molecule has 0 aliphatic carbocycles. The molecular weight excluding hydrogens is 402 g/mol. The average Bonchev–Trinajstić information content (AvgIpc) is 2.85. The van der Waals surface area contributed by atoms with Crippen LogP contribution in [0, 0.1) is 17.5 Å². The van der Waals surface area contributed by atoms with E-state index >= 15 is 13.2 Å². The first kappa shape index (κ1) is 23.6. The highest BCUT2D eigenvalue weighted by molar-refractivity contribution is 6.69. The van der Waals surface area contributed by atoms with E-state index in [-0.39, 0.29) is 0 Å². The number of hydrogen-bond acceptors (Lipinski definition) is 6. The van der Waals surface area contributed by atoms with Crippen LogP contribution in [-0.4, -0.2) is 53.8 Å². The summed E-state index contributed by atoms with van der Waals surface area (Å²) < 4.78 is 68.7. The monoisotopic (exact) mass is 428 g/mol. The predicted molar refractivity (Wildman–Crippen MR) is 108 cm³/mol. The second-order valence-corrected chi connectivity index (χ2v) is 9.73. The zero-order valence-electron chi connectivity index (χ0n) is 18.4. The molecule has 2 fully saturated rings. The van der Waals surface area contributed by atoms with Gasteiger partial charge in [-0.15, -0.1) is 0 Å². The van der Waals surface area contributed by atoms with Gasteiger partial charge in [-0.1, -0.05) is 0 Å². The molecule has 1 aromatic rings. The summed E-state index contributed by atoms with van der Waals surface area (Å²) in [5, 5.41) is 19.2. The van der Waals surface area contributed by atoms with Gasteiger partial charge >= 0.3 is 21.4 Å². The lowest BCUT2D eigenvalue weighted by Gasteiger charge is -2.32. The zero-order chi connectivity index (χ0) is 23.0. The smallest absolute Gasteiger partial charge is 0.423 e. The third-order valence-electron chi connectivity index (χ3n) is 6.65. The lowest BCUT2D eigenvalue weighted by atomic mass is 9.64. The fraction of sp³-hybridized carbons (Fsp3) is 0.667. The number of hydrogen-bond donors (Lipinski definition) is 2. The maximum absolute atomic E-state index is 15.6. The fourth-order valence-electron chi connectivity index (χ4n) is 3.29. The number of benzene rings is 1. The minimum Gasteiger partial charge on any atom is -0.423 e. The predicted octanol–water partition coefficient (Wildman–Crippen LogP) is 0.382. The van der Waals surface area contributed by atoms with E-state index in [4.69, 9.17) is 18.6 Å².